The van der Waals surface area contributed by atoms with E-state index < -0.39 is 0 Å². The number of anilines is 3. The molecule has 0 unspecified atom stereocenters. The highest BCUT2D eigenvalue weighted by Crippen LogP contribution is 2.45. The van der Waals surface area contributed by atoms with Crippen molar-refractivity contribution in [3.8, 4) is 16.8 Å². The van der Waals surface area contributed by atoms with Crippen LogP contribution in [0, 0.1) is 0 Å². The van der Waals surface area contributed by atoms with E-state index in [4.69, 9.17) is 8.83 Å². The molecule has 0 saturated heterocycles. The quantitative estimate of drug-likeness (QED) is 0.178. The normalized spacial score (nSPS) is 11.9. The van der Waals surface area contributed by atoms with Gasteiger partial charge in [0.1, 0.15) is 16.7 Å². The highest BCUT2D eigenvalue weighted by atomic mass is 16.3. The molecule has 0 aliphatic carbocycles. The van der Waals surface area contributed by atoms with E-state index in [2.05, 4.69) is 179 Å². The van der Waals surface area contributed by atoms with Crippen LogP contribution in [0.5, 0.6) is 0 Å². The number of aromatic nitrogens is 1. The van der Waals surface area contributed by atoms with Gasteiger partial charge in [-0.2, -0.15) is 0 Å². The summed E-state index contributed by atoms with van der Waals surface area (Å²) in [5, 5.41) is 9.32. The molecule has 0 aliphatic heterocycles. The molecule has 0 saturated carbocycles. The van der Waals surface area contributed by atoms with Crippen LogP contribution in [0.1, 0.15) is 0 Å². The molecule has 0 spiro atoms. The smallest absolute Gasteiger partial charge is 0.159 e. The first-order chi connectivity index (χ1) is 27.8. The first kappa shape index (κ1) is 30.9. The van der Waals surface area contributed by atoms with Gasteiger partial charge in [-0.3, -0.25) is 0 Å². The van der Waals surface area contributed by atoms with Gasteiger partial charge in [0.25, 0.3) is 0 Å². The third kappa shape index (κ3) is 4.53. The van der Waals surface area contributed by atoms with Crippen LogP contribution in [0.25, 0.3) is 93.3 Å². The lowest BCUT2D eigenvalue weighted by molar-refractivity contribution is 0.669. The van der Waals surface area contributed by atoms with Crippen LogP contribution in [0.15, 0.2) is 203 Å². The lowest BCUT2D eigenvalue weighted by Crippen LogP contribution is -2.10. The Kier molecular flexibility index (Phi) is 6.60. The maximum absolute atomic E-state index is 6.64. The van der Waals surface area contributed by atoms with Crippen LogP contribution < -0.4 is 4.90 Å². The van der Waals surface area contributed by atoms with Crippen molar-refractivity contribution in [2.24, 2.45) is 0 Å². The van der Waals surface area contributed by atoms with Crippen molar-refractivity contribution in [2.45, 2.75) is 0 Å². The maximum Gasteiger partial charge on any atom is 0.159 e. The van der Waals surface area contributed by atoms with E-state index in [9.17, 15) is 0 Å². The van der Waals surface area contributed by atoms with E-state index in [0.717, 1.165) is 77.8 Å². The predicted octanol–water partition coefficient (Wildman–Crippen LogP) is 14.9. The number of rotatable bonds is 5. The Morgan fingerprint density at radius 1 is 0.393 bits per heavy atom. The second-order valence-electron chi connectivity index (χ2n) is 14.5. The van der Waals surface area contributed by atoms with Gasteiger partial charge >= 0.3 is 0 Å². The van der Waals surface area contributed by atoms with E-state index in [-0.39, 0.29) is 0 Å². The summed E-state index contributed by atoms with van der Waals surface area (Å²) in [5.41, 5.74) is 12.3. The molecular weight excluding hydrogens is 685 g/mol. The molecular formula is C52H32N2O2. The molecule has 9 aromatic carbocycles. The fourth-order valence-electron chi connectivity index (χ4n) is 8.87. The van der Waals surface area contributed by atoms with Crippen molar-refractivity contribution in [1.82, 2.24) is 4.57 Å². The van der Waals surface area contributed by atoms with E-state index in [1.165, 1.54) is 32.6 Å². The number of para-hydroxylation sites is 5. The Hall–Kier alpha value is -7.56. The number of fused-ring (bicyclic) bond motifs is 11. The van der Waals surface area contributed by atoms with Crippen molar-refractivity contribution in [3.05, 3.63) is 194 Å². The molecule has 0 radical (unpaired) electrons. The summed E-state index contributed by atoms with van der Waals surface area (Å²) in [7, 11) is 0. The Morgan fingerprint density at radius 2 is 1.04 bits per heavy atom. The summed E-state index contributed by atoms with van der Waals surface area (Å²) in [4.78, 5) is 2.31. The monoisotopic (exact) mass is 716 g/mol. The average Bonchev–Trinajstić information content (AvgIpc) is 3.94. The number of hydrogen-bond acceptors (Lipinski definition) is 3. The summed E-state index contributed by atoms with van der Waals surface area (Å²) in [5.74, 6) is 0. The first-order valence-corrected chi connectivity index (χ1v) is 19.0. The van der Waals surface area contributed by atoms with Crippen molar-refractivity contribution in [3.63, 3.8) is 0 Å². The SMILES string of the molecule is c1ccc(-n2c3ccccc3c3ccc4ccccc4c32)c(-c2ccc(N(c3ccc4oc5ccccc5c4c3)c3cccc4c3oc3ccccc34)cc2)c1. The summed E-state index contributed by atoms with van der Waals surface area (Å²) in [6.45, 7) is 0. The van der Waals surface area contributed by atoms with Crippen molar-refractivity contribution >= 4 is 93.5 Å². The van der Waals surface area contributed by atoms with Gasteiger partial charge in [0.2, 0.25) is 0 Å². The molecule has 262 valence electrons. The van der Waals surface area contributed by atoms with Crippen LogP contribution >= 0.6 is 0 Å². The number of hydrogen-bond donors (Lipinski definition) is 0. The maximum atomic E-state index is 6.64. The first-order valence-electron chi connectivity index (χ1n) is 19.0. The summed E-state index contributed by atoms with van der Waals surface area (Å²) in [6.07, 6.45) is 0. The van der Waals surface area contributed by atoms with Crippen LogP contribution in [-0.4, -0.2) is 4.57 Å². The second kappa shape index (κ2) is 12.0. The Balaban J connectivity index is 1.06. The summed E-state index contributed by atoms with van der Waals surface area (Å²) < 4.78 is 15.3. The molecule has 12 rings (SSSR count). The van der Waals surface area contributed by atoms with Crippen molar-refractivity contribution in [2.75, 3.05) is 4.90 Å². The Morgan fingerprint density at radius 3 is 1.89 bits per heavy atom. The highest BCUT2D eigenvalue weighted by molar-refractivity contribution is 6.19. The molecule has 0 fully saturated rings. The third-order valence-corrected chi connectivity index (χ3v) is 11.4. The molecule has 0 aliphatic rings. The van der Waals surface area contributed by atoms with Crippen LogP contribution in [-0.2, 0) is 0 Å². The fourth-order valence-corrected chi connectivity index (χ4v) is 8.87. The topological polar surface area (TPSA) is 34.5 Å². The predicted molar refractivity (Wildman–Crippen MR) is 233 cm³/mol. The standard InChI is InChI=1S/C52H32N2O2/c1-2-14-38-33(12-1)26-30-42-39-15-4-8-20-46(39)54(51(38)42)45-19-7-3-13-37(45)34-24-27-35(28-25-34)53(36-29-31-50-44(32-36)41-17-6-9-22-48(41)55-50)47-21-11-18-43-40-16-5-10-23-49(40)56-52(43)47/h1-32H. The Labute approximate surface area is 321 Å². The van der Waals surface area contributed by atoms with Gasteiger partial charge < -0.3 is 18.3 Å². The van der Waals surface area contributed by atoms with Gasteiger partial charge in [0.05, 0.1) is 22.4 Å². The zero-order valence-electron chi connectivity index (χ0n) is 30.2. The zero-order valence-corrected chi connectivity index (χ0v) is 30.2. The molecule has 56 heavy (non-hydrogen) atoms. The van der Waals surface area contributed by atoms with Crippen molar-refractivity contribution in [1.29, 1.82) is 0 Å². The summed E-state index contributed by atoms with van der Waals surface area (Å²) >= 11 is 0. The minimum atomic E-state index is 0.846. The lowest BCUT2D eigenvalue weighted by Gasteiger charge is -2.26. The number of nitrogens with zero attached hydrogens (tertiary/aromatic N) is 2. The molecule has 12 aromatic rings. The molecule has 3 heterocycles. The van der Waals surface area contributed by atoms with Crippen LogP contribution in [0.2, 0.25) is 0 Å². The van der Waals surface area contributed by atoms with Gasteiger partial charge in [-0.25, -0.2) is 0 Å². The molecule has 0 N–H and O–H groups in total. The highest BCUT2D eigenvalue weighted by Gasteiger charge is 2.22. The molecule has 3 aromatic heterocycles. The second-order valence-corrected chi connectivity index (χ2v) is 14.5. The number of furan rings is 2. The summed E-state index contributed by atoms with van der Waals surface area (Å²) in [6, 6.07) is 69.0. The van der Waals surface area contributed by atoms with Gasteiger partial charge in [-0.15, -0.1) is 0 Å². The Bertz CT molecular complexity index is 3490. The van der Waals surface area contributed by atoms with Gasteiger partial charge in [-0.05, 0) is 71.6 Å². The molecule has 4 nitrogen and oxygen atoms in total. The number of benzene rings is 9. The fraction of sp³-hybridized carbons (Fsp3) is 0. The zero-order chi connectivity index (χ0) is 36.7. The molecule has 4 heteroatoms. The molecule has 0 bridgehead atoms. The van der Waals surface area contributed by atoms with Gasteiger partial charge in [-0.1, -0.05) is 133 Å². The lowest BCUT2D eigenvalue weighted by atomic mass is 10.0. The van der Waals surface area contributed by atoms with Gasteiger partial charge in [0, 0.05) is 54.6 Å². The molecule has 0 amide bonds. The van der Waals surface area contributed by atoms with E-state index >= 15 is 0 Å². The third-order valence-electron chi connectivity index (χ3n) is 11.4. The minimum Gasteiger partial charge on any atom is -0.456 e. The minimum absolute atomic E-state index is 0.846. The van der Waals surface area contributed by atoms with E-state index in [0.29, 0.717) is 0 Å². The van der Waals surface area contributed by atoms with Crippen LogP contribution in [0.4, 0.5) is 17.1 Å². The molecule has 0 atom stereocenters. The largest absolute Gasteiger partial charge is 0.456 e. The van der Waals surface area contributed by atoms with Gasteiger partial charge in [0.15, 0.2) is 5.58 Å². The van der Waals surface area contributed by atoms with Crippen LogP contribution in [0.3, 0.4) is 0 Å². The van der Waals surface area contributed by atoms with Crippen molar-refractivity contribution < 1.29 is 8.83 Å². The van der Waals surface area contributed by atoms with E-state index in [1.54, 1.807) is 0 Å². The average molecular weight is 717 g/mol. The van der Waals surface area contributed by atoms with E-state index in [1.807, 2.05) is 24.3 Å².